The van der Waals surface area contributed by atoms with Crippen LogP contribution in [0.25, 0.3) is 0 Å². The van der Waals surface area contributed by atoms with Crippen molar-refractivity contribution in [1.82, 2.24) is 0 Å². The lowest BCUT2D eigenvalue weighted by Crippen LogP contribution is -2.00. The van der Waals surface area contributed by atoms with E-state index in [2.05, 4.69) is 0 Å². The molecule has 2 atom stereocenters. The molecule has 0 aliphatic rings. The molecule has 72 valence electrons. The van der Waals surface area contributed by atoms with Crippen LogP contribution in [0.2, 0.25) is 0 Å². The van der Waals surface area contributed by atoms with Crippen molar-refractivity contribution < 1.29 is 28.8 Å². The van der Waals surface area contributed by atoms with E-state index in [9.17, 15) is 13.9 Å². The summed E-state index contributed by atoms with van der Waals surface area (Å²) in [5.41, 5.74) is 0. The van der Waals surface area contributed by atoms with Gasteiger partial charge in [-0.3, -0.25) is 13.9 Å². The van der Waals surface area contributed by atoms with Crippen LogP contribution in [0.4, 0.5) is 0 Å². The third-order valence-corrected chi connectivity index (χ3v) is 5.04. The molecule has 0 fully saturated rings. The lowest BCUT2D eigenvalue weighted by Gasteiger charge is -2.06. The minimum absolute atomic E-state index is 0.445. The Kier molecular flexibility index (Phi) is 4.71. The van der Waals surface area contributed by atoms with E-state index in [4.69, 9.17) is 14.9 Å². The van der Waals surface area contributed by atoms with E-state index in [-0.39, 0.29) is 0 Å². The summed E-state index contributed by atoms with van der Waals surface area (Å²) in [5.74, 6) is -1.88. The topological polar surface area (TPSA) is 112 Å². The van der Waals surface area contributed by atoms with E-state index in [0.717, 1.165) is 0 Å². The van der Waals surface area contributed by atoms with Crippen LogP contribution in [0, 0.1) is 0 Å². The van der Waals surface area contributed by atoms with Crippen molar-refractivity contribution >= 4 is 21.4 Å². The highest BCUT2D eigenvalue weighted by Gasteiger charge is 2.21. The Bertz CT molecular complexity index is 236. The van der Waals surface area contributed by atoms with Crippen LogP contribution in [-0.4, -0.2) is 32.9 Å². The Morgan fingerprint density at radius 3 is 2.33 bits per heavy atom. The summed E-state index contributed by atoms with van der Waals surface area (Å²) in [7, 11) is -6.70. The van der Waals surface area contributed by atoms with E-state index in [0.29, 0.717) is 0 Å². The fourth-order valence-electron chi connectivity index (χ4n) is 0.561. The van der Waals surface area contributed by atoms with Gasteiger partial charge in [0.15, 0.2) is 8.03 Å². The average Bonchev–Trinajstić information content (AvgIpc) is 1.81. The van der Waals surface area contributed by atoms with Gasteiger partial charge in [-0.1, -0.05) is 0 Å². The van der Waals surface area contributed by atoms with E-state index >= 15 is 0 Å². The zero-order valence-electron chi connectivity index (χ0n) is 6.13. The van der Waals surface area contributed by atoms with Gasteiger partial charge in [-0.2, -0.15) is 0 Å². The van der Waals surface area contributed by atoms with Crippen LogP contribution in [0.1, 0.15) is 6.42 Å². The Balaban J connectivity index is 3.96. The molecular formula is C4H10O6P2. The molecule has 0 amide bonds. The standard InChI is InChI=1S/C4H10O6P2/c5-4(6)1-2-12(9,10)3-11(7)8/h11H,1-3H2,(H,5,6)(H,7,8)(H,9,10). The van der Waals surface area contributed by atoms with Gasteiger partial charge < -0.3 is 14.9 Å². The Labute approximate surface area is 69.5 Å². The summed E-state index contributed by atoms with van der Waals surface area (Å²) in [6, 6.07) is 0. The highest BCUT2D eigenvalue weighted by atomic mass is 31.2. The number of rotatable bonds is 5. The summed E-state index contributed by atoms with van der Waals surface area (Å²) in [4.78, 5) is 27.2. The second-order valence-corrected chi connectivity index (χ2v) is 6.46. The van der Waals surface area contributed by atoms with Gasteiger partial charge in [-0.05, 0) is 0 Å². The first-order chi connectivity index (χ1) is 5.33. The number of aliphatic carboxylic acids is 1. The number of carboxylic acid groups (broad SMARTS) is 1. The molecule has 0 aromatic carbocycles. The normalized spacial score (nSPS) is 18.2. The minimum Gasteiger partial charge on any atom is -0.481 e. The third-order valence-electron chi connectivity index (χ3n) is 1.06. The summed E-state index contributed by atoms with van der Waals surface area (Å²) >= 11 is 0. The molecule has 0 heterocycles. The number of carbonyl (C=O) groups is 1. The van der Waals surface area contributed by atoms with E-state index < -0.39 is 39.9 Å². The van der Waals surface area contributed by atoms with Gasteiger partial charge >= 0.3 is 5.97 Å². The first kappa shape index (κ1) is 11.8. The smallest absolute Gasteiger partial charge is 0.303 e. The van der Waals surface area contributed by atoms with Crippen LogP contribution in [-0.2, 0) is 13.9 Å². The van der Waals surface area contributed by atoms with Gasteiger partial charge in [0.25, 0.3) is 0 Å². The molecule has 0 aliphatic carbocycles. The summed E-state index contributed by atoms with van der Waals surface area (Å²) < 4.78 is 21.1. The lowest BCUT2D eigenvalue weighted by molar-refractivity contribution is -0.136. The molecule has 0 saturated carbocycles. The molecule has 0 rings (SSSR count). The van der Waals surface area contributed by atoms with Crippen molar-refractivity contribution in [3.05, 3.63) is 0 Å². The molecule has 0 spiro atoms. The predicted molar refractivity (Wildman–Crippen MR) is 43.0 cm³/mol. The highest BCUT2D eigenvalue weighted by molar-refractivity contribution is 7.68. The van der Waals surface area contributed by atoms with Gasteiger partial charge in [-0.25, -0.2) is 0 Å². The van der Waals surface area contributed by atoms with Gasteiger partial charge in [0.2, 0.25) is 7.37 Å². The summed E-state index contributed by atoms with van der Waals surface area (Å²) in [6.07, 6.45) is -0.901. The molecule has 6 nitrogen and oxygen atoms in total. The second-order valence-electron chi connectivity index (χ2n) is 2.27. The summed E-state index contributed by atoms with van der Waals surface area (Å²) in [5, 5.41) is 8.15. The number of hydrogen-bond acceptors (Lipinski definition) is 3. The van der Waals surface area contributed by atoms with Crippen molar-refractivity contribution in [3.8, 4) is 0 Å². The zero-order chi connectivity index (χ0) is 9.78. The van der Waals surface area contributed by atoms with Crippen molar-refractivity contribution in [2.75, 3.05) is 12.1 Å². The van der Waals surface area contributed by atoms with E-state index in [1.165, 1.54) is 0 Å². The van der Waals surface area contributed by atoms with Crippen LogP contribution in [0.5, 0.6) is 0 Å². The van der Waals surface area contributed by atoms with Crippen LogP contribution in [0.3, 0.4) is 0 Å². The molecule has 0 radical (unpaired) electrons. The van der Waals surface area contributed by atoms with E-state index in [1.54, 1.807) is 0 Å². The minimum atomic E-state index is -3.70. The summed E-state index contributed by atoms with van der Waals surface area (Å²) in [6.45, 7) is 0. The zero-order valence-corrected chi connectivity index (χ0v) is 8.03. The Morgan fingerprint density at radius 1 is 1.50 bits per heavy atom. The molecule has 0 bridgehead atoms. The molecule has 0 aromatic heterocycles. The molecule has 3 N–H and O–H groups in total. The fourth-order valence-corrected chi connectivity index (χ4v) is 3.42. The highest BCUT2D eigenvalue weighted by Crippen LogP contribution is 2.47. The van der Waals surface area contributed by atoms with Crippen molar-refractivity contribution in [2.45, 2.75) is 6.42 Å². The first-order valence-electron chi connectivity index (χ1n) is 3.08. The van der Waals surface area contributed by atoms with Crippen LogP contribution >= 0.6 is 15.4 Å². The van der Waals surface area contributed by atoms with Crippen molar-refractivity contribution in [2.24, 2.45) is 0 Å². The fraction of sp³-hybridized carbons (Fsp3) is 0.750. The predicted octanol–water partition coefficient (Wildman–Crippen LogP) is 0.156. The Hall–Kier alpha value is -0.150. The molecule has 0 aliphatic heterocycles. The largest absolute Gasteiger partial charge is 0.481 e. The third kappa shape index (κ3) is 6.55. The second kappa shape index (κ2) is 4.77. The molecule has 2 unspecified atom stereocenters. The maximum atomic E-state index is 10.9. The molecule has 0 saturated heterocycles. The molecule has 0 aromatic rings. The quantitative estimate of drug-likeness (QED) is 0.564. The maximum Gasteiger partial charge on any atom is 0.303 e. The van der Waals surface area contributed by atoms with Crippen molar-refractivity contribution in [1.29, 1.82) is 0 Å². The van der Waals surface area contributed by atoms with Crippen LogP contribution < -0.4 is 0 Å². The van der Waals surface area contributed by atoms with Crippen molar-refractivity contribution in [3.63, 3.8) is 0 Å². The number of hydrogen-bond donors (Lipinski definition) is 3. The molecule has 12 heavy (non-hydrogen) atoms. The maximum absolute atomic E-state index is 10.9. The SMILES string of the molecule is O=C(O)CCP(=O)(O)C[PH](=O)O. The van der Waals surface area contributed by atoms with Gasteiger partial charge in [0.05, 0.1) is 12.3 Å². The molecule has 8 heteroatoms. The van der Waals surface area contributed by atoms with Crippen LogP contribution in [0.15, 0.2) is 0 Å². The first-order valence-corrected chi connectivity index (χ1v) is 6.67. The Morgan fingerprint density at radius 2 is 2.00 bits per heavy atom. The van der Waals surface area contributed by atoms with E-state index in [1.807, 2.05) is 0 Å². The lowest BCUT2D eigenvalue weighted by atomic mass is 10.5. The average molecular weight is 216 g/mol. The van der Waals surface area contributed by atoms with Gasteiger partial charge in [-0.15, -0.1) is 0 Å². The monoisotopic (exact) mass is 216 g/mol. The van der Waals surface area contributed by atoms with Gasteiger partial charge in [0.1, 0.15) is 0 Å². The van der Waals surface area contributed by atoms with Gasteiger partial charge in [0, 0.05) is 6.16 Å². The molecular weight excluding hydrogens is 206 g/mol. The number of carboxylic acids is 1.